The third-order valence-corrected chi connectivity index (χ3v) is 6.42. The predicted molar refractivity (Wildman–Crippen MR) is 104 cm³/mol. The van der Waals surface area contributed by atoms with E-state index < -0.39 is 0 Å². The Labute approximate surface area is 157 Å². The van der Waals surface area contributed by atoms with E-state index in [1.165, 1.54) is 11.3 Å². The zero-order valence-corrected chi connectivity index (χ0v) is 15.6. The van der Waals surface area contributed by atoms with E-state index in [-0.39, 0.29) is 12.0 Å². The number of amides is 1. The van der Waals surface area contributed by atoms with Crippen LogP contribution in [0.25, 0.3) is 20.4 Å². The van der Waals surface area contributed by atoms with E-state index in [1.54, 1.807) is 16.2 Å². The summed E-state index contributed by atoms with van der Waals surface area (Å²) in [7, 11) is 0. The molecule has 7 heteroatoms. The largest absolute Gasteiger partial charge is 0.463 e. The zero-order chi connectivity index (χ0) is 17.7. The number of thiazole rings is 2. The molecule has 1 saturated heterocycles. The predicted octanol–water partition coefficient (Wildman–Crippen LogP) is 4.12. The fourth-order valence-electron chi connectivity index (χ4n) is 3.04. The number of carbonyl (C=O) groups is 1. The molecule has 0 radical (unpaired) electrons. The standard InChI is InChI=1S/C19H15N3O2S2/c1-11-5-4-8-15-16(11)21-19(26-15)24-12-9-22(10-12)18(23)17-20-13-6-2-3-7-14(13)25-17/h2-8,12H,9-10H2,1H3. The molecule has 0 saturated carbocycles. The Balaban J connectivity index is 1.26. The maximum atomic E-state index is 12.6. The highest BCUT2D eigenvalue weighted by molar-refractivity contribution is 7.20. The number of ether oxygens (including phenoxy) is 1. The Bertz CT molecular complexity index is 1100. The highest BCUT2D eigenvalue weighted by atomic mass is 32.1. The Kier molecular flexibility index (Phi) is 3.65. The van der Waals surface area contributed by atoms with Crippen LogP contribution in [0.4, 0.5) is 0 Å². The van der Waals surface area contributed by atoms with E-state index in [0.29, 0.717) is 23.3 Å². The Morgan fingerprint density at radius 3 is 2.69 bits per heavy atom. The minimum Gasteiger partial charge on any atom is -0.463 e. The molecule has 0 N–H and O–H groups in total. The number of carbonyl (C=O) groups excluding carboxylic acids is 1. The van der Waals surface area contributed by atoms with Gasteiger partial charge in [0.1, 0.15) is 6.10 Å². The number of likely N-dealkylation sites (tertiary alicyclic amines) is 1. The van der Waals surface area contributed by atoms with Crippen LogP contribution in [0.15, 0.2) is 42.5 Å². The summed E-state index contributed by atoms with van der Waals surface area (Å²) in [4.78, 5) is 23.4. The molecule has 3 heterocycles. The first-order valence-corrected chi connectivity index (χ1v) is 9.98. The Morgan fingerprint density at radius 2 is 1.88 bits per heavy atom. The molecule has 0 bridgehead atoms. The summed E-state index contributed by atoms with van der Waals surface area (Å²) in [5.41, 5.74) is 3.02. The highest BCUT2D eigenvalue weighted by Gasteiger charge is 2.34. The van der Waals surface area contributed by atoms with Gasteiger partial charge in [-0.2, -0.15) is 0 Å². The number of aryl methyl sites for hydroxylation is 1. The lowest BCUT2D eigenvalue weighted by Crippen LogP contribution is -2.56. The molecule has 0 aliphatic carbocycles. The molecule has 1 fully saturated rings. The number of hydrogen-bond donors (Lipinski definition) is 0. The van der Waals surface area contributed by atoms with Gasteiger partial charge in [-0.05, 0) is 30.7 Å². The fourth-order valence-corrected chi connectivity index (χ4v) is 4.93. The van der Waals surface area contributed by atoms with Crippen molar-refractivity contribution in [2.75, 3.05) is 13.1 Å². The summed E-state index contributed by atoms with van der Waals surface area (Å²) in [5.74, 6) is -0.0220. The lowest BCUT2D eigenvalue weighted by atomic mass is 10.1. The Morgan fingerprint density at radius 1 is 1.08 bits per heavy atom. The number of aromatic nitrogens is 2. The summed E-state index contributed by atoms with van der Waals surface area (Å²) in [6.07, 6.45) is -0.00537. The monoisotopic (exact) mass is 381 g/mol. The normalized spacial score (nSPS) is 14.7. The molecule has 5 nitrogen and oxygen atoms in total. The van der Waals surface area contributed by atoms with Crippen molar-refractivity contribution in [3.63, 3.8) is 0 Å². The van der Waals surface area contributed by atoms with Gasteiger partial charge in [0.05, 0.1) is 33.5 Å². The molecule has 0 spiro atoms. The van der Waals surface area contributed by atoms with E-state index in [2.05, 4.69) is 16.0 Å². The smallest absolute Gasteiger partial charge is 0.283 e. The SMILES string of the molecule is Cc1cccc2sc(OC3CN(C(=O)c4nc5ccccc5s4)C3)nc12. The first-order chi connectivity index (χ1) is 12.7. The topological polar surface area (TPSA) is 55.3 Å². The fraction of sp³-hybridized carbons (Fsp3) is 0.211. The number of benzene rings is 2. The van der Waals surface area contributed by atoms with Gasteiger partial charge in [0.2, 0.25) is 0 Å². The van der Waals surface area contributed by atoms with Crippen molar-refractivity contribution in [3.05, 3.63) is 53.0 Å². The van der Waals surface area contributed by atoms with Crippen molar-refractivity contribution in [2.24, 2.45) is 0 Å². The van der Waals surface area contributed by atoms with Crippen molar-refractivity contribution in [2.45, 2.75) is 13.0 Å². The average molecular weight is 381 g/mol. The first-order valence-electron chi connectivity index (χ1n) is 8.35. The lowest BCUT2D eigenvalue weighted by molar-refractivity contribution is 0.0178. The third-order valence-electron chi connectivity index (χ3n) is 4.48. The molecule has 26 heavy (non-hydrogen) atoms. The average Bonchev–Trinajstić information content (AvgIpc) is 3.21. The summed E-state index contributed by atoms with van der Waals surface area (Å²) in [6, 6.07) is 13.9. The van der Waals surface area contributed by atoms with Gasteiger partial charge in [-0.25, -0.2) is 9.97 Å². The van der Waals surface area contributed by atoms with Crippen LogP contribution in [0.3, 0.4) is 0 Å². The molecule has 5 rings (SSSR count). The van der Waals surface area contributed by atoms with E-state index in [4.69, 9.17) is 4.74 Å². The van der Waals surface area contributed by atoms with E-state index >= 15 is 0 Å². The van der Waals surface area contributed by atoms with Crippen LogP contribution >= 0.6 is 22.7 Å². The van der Waals surface area contributed by atoms with Gasteiger partial charge >= 0.3 is 0 Å². The number of para-hydroxylation sites is 2. The maximum absolute atomic E-state index is 12.6. The molecule has 0 unspecified atom stereocenters. The van der Waals surface area contributed by atoms with Gasteiger partial charge in [0.15, 0.2) is 5.01 Å². The van der Waals surface area contributed by atoms with Crippen molar-refractivity contribution in [3.8, 4) is 5.19 Å². The number of hydrogen-bond acceptors (Lipinski definition) is 6. The molecular formula is C19H15N3O2S2. The molecule has 1 aliphatic rings. The second kappa shape index (κ2) is 6.03. The molecular weight excluding hydrogens is 366 g/mol. The van der Waals surface area contributed by atoms with E-state index in [9.17, 15) is 4.79 Å². The molecule has 0 atom stereocenters. The van der Waals surface area contributed by atoms with Gasteiger partial charge in [0, 0.05) is 0 Å². The number of rotatable bonds is 3. The molecule has 130 valence electrons. The first kappa shape index (κ1) is 15.7. The van der Waals surface area contributed by atoms with Gasteiger partial charge in [0.25, 0.3) is 11.1 Å². The van der Waals surface area contributed by atoms with Crippen LogP contribution < -0.4 is 4.74 Å². The summed E-state index contributed by atoms with van der Waals surface area (Å²) in [6.45, 7) is 3.20. The van der Waals surface area contributed by atoms with Crippen LogP contribution in [-0.4, -0.2) is 40.0 Å². The minimum absolute atomic E-state index is 0.00537. The Hall–Kier alpha value is -2.51. The van der Waals surface area contributed by atoms with Gasteiger partial charge in [-0.15, -0.1) is 11.3 Å². The maximum Gasteiger partial charge on any atom is 0.283 e. The van der Waals surface area contributed by atoms with Crippen LogP contribution in [0, 0.1) is 6.92 Å². The molecule has 2 aromatic carbocycles. The highest BCUT2D eigenvalue weighted by Crippen LogP contribution is 2.31. The molecule has 4 aromatic rings. The second-order valence-electron chi connectivity index (χ2n) is 6.34. The van der Waals surface area contributed by atoms with Crippen LogP contribution in [0.2, 0.25) is 0 Å². The van der Waals surface area contributed by atoms with Crippen LogP contribution in [0.5, 0.6) is 5.19 Å². The number of fused-ring (bicyclic) bond motifs is 2. The third kappa shape index (κ3) is 2.64. The van der Waals surface area contributed by atoms with Crippen molar-refractivity contribution >= 4 is 49.0 Å². The lowest BCUT2D eigenvalue weighted by Gasteiger charge is -2.37. The van der Waals surface area contributed by atoms with Gasteiger partial charge in [-0.3, -0.25) is 4.79 Å². The van der Waals surface area contributed by atoms with Crippen LogP contribution in [-0.2, 0) is 0 Å². The molecule has 1 aliphatic heterocycles. The van der Waals surface area contributed by atoms with Crippen molar-refractivity contribution in [1.82, 2.24) is 14.9 Å². The summed E-state index contributed by atoms with van der Waals surface area (Å²) in [5, 5.41) is 1.21. The van der Waals surface area contributed by atoms with Crippen LogP contribution in [0.1, 0.15) is 15.4 Å². The minimum atomic E-state index is -0.0220. The summed E-state index contributed by atoms with van der Waals surface area (Å²) >= 11 is 2.99. The van der Waals surface area contributed by atoms with E-state index in [1.807, 2.05) is 43.3 Å². The second-order valence-corrected chi connectivity index (χ2v) is 8.36. The van der Waals surface area contributed by atoms with Gasteiger partial charge < -0.3 is 9.64 Å². The van der Waals surface area contributed by atoms with Gasteiger partial charge in [-0.1, -0.05) is 35.6 Å². The summed E-state index contributed by atoms with van der Waals surface area (Å²) < 4.78 is 8.12. The molecule has 1 amide bonds. The van der Waals surface area contributed by atoms with Crippen molar-refractivity contribution in [1.29, 1.82) is 0 Å². The molecule has 2 aromatic heterocycles. The zero-order valence-electron chi connectivity index (χ0n) is 14.0. The van der Waals surface area contributed by atoms with Crippen molar-refractivity contribution < 1.29 is 9.53 Å². The number of nitrogens with zero attached hydrogens (tertiary/aromatic N) is 3. The van der Waals surface area contributed by atoms with E-state index in [0.717, 1.165) is 26.0 Å². The quantitative estimate of drug-likeness (QED) is 0.536.